The van der Waals surface area contributed by atoms with Crippen LogP contribution in [-0.4, -0.2) is 18.4 Å². The van der Waals surface area contributed by atoms with E-state index in [0.29, 0.717) is 12.1 Å². The van der Waals surface area contributed by atoms with Gasteiger partial charge in [0.25, 0.3) is 5.91 Å². The Morgan fingerprint density at radius 2 is 1.86 bits per heavy atom. The molecule has 4 nitrogen and oxygen atoms in total. The standard InChI is InChI=1S/C18H18N2O2/c1-13(21)19-16-10-9-14-8-5-11-20(17(14)12-16)18(22)15-6-3-2-4-7-15/h2-4,6-7,9-10,12H,5,8,11H2,1H3,(H,19,21). The molecule has 0 aromatic heterocycles. The third-order valence-corrected chi connectivity index (χ3v) is 3.79. The van der Waals surface area contributed by atoms with Gasteiger partial charge in [0.15, 0.2) is 0 Å². The minimum Gasteiger partial charge on any atom is -0.326 e. The number of carbonyl (C=O) groups is 2. The molecule has 3 rings (SSSR count). The second kappa shape index (κ2) is 6.02. The van der Waals surface area contributed by atoms with Crippen molar-refractivity contribution in [3.63, 3.8) is 0 Å². The van der Waals surface area contributed by atoms with Crippen molar-refractivity contribution in [2.24, 2.45) is 0 Å². The molecule has 0 bridgehead atoms. The summed E-state index contributed by atoms with van der Waals surface area (Å²) in [4.78, 5) is 25.8. The Kier molecular flexibility index (Phi) is 3.92. The molecule has 0 spiro atoms. The minimum atomic E-state index is -0.114. The van der Waals surface area contributed by atoms with Crippen molar-refractivity contribution in [2.45, 2.75) is 19.8 Å². The van der Waals surface area contributed by atoms with Gasteiger partial charge in [-0.05, 0) is 42.7 Å². The third-order valence-electron chi connectivity index (χ3n) is 3.79. The molecule has 2 aromatic rings. The van der Waals surface area contributed by atoms with Crippen molar-refractivity contribution in [3.8, 4) is 0 Å². The maximum absolute atomic E-state index is 12.7. The number of fused-ring (bicyclic) bond motifs is 1. The van der Waals surface area contributed by atoms with E-state index in [2.05, 4.69) is 5.32 Å². The number of nitrogens with one attached hydrogen (secondary N) is 1. The van der Waals surface area contributed by atoms with E-state index in [0.717, 1.165) is 29.8 Å². The first-order valence-corrected chi connectivity index (χ1v) is 7.42. The van der Waals surface area contributed by atoms with E-state index in [4.69, 9.17) is 0 Å². The smallest absolute Gasteiger partial charge is 0.258 e. The van der Waals surface area contributed by atoms with Gasteiger partial charge in [-0.2, -0.15) is 0 Å². The first-order chi connectivity index (χ1) is 10.6. The molecule has 0 saturated carbocycles. The Labute approximate surface area is 129 Å². The zero-order valence-electron chi connectivity index (χ0n) is 12.5. The molecule has 1 heterocycles. The second-order valence-corrected chi connectivity index (χ2v) is 5.45. The largest absolute Gasteiger partial charge is 0.326 e. The first kappa shape index (κ1) is 14.3. The van der Waals surface area contributed by atoms with E-state index in [1.165, 1.54) is 6.92 Å². The molecular weight excluding hydrogens is 276 g/mol. The number of nitrogens with zero attached hydrogens (tertiary/aromatic N) is 1. The van der Waals surface area contributed by atoms with E-state index >= 15 is 0 Å². The molecule has 1 aliphatic heterocycles. The van der Waals surface area contributed by atoms with Gasteiger partial charge in [0, 0.05) is 30.4 Å². The van der Waals surface area contributed by atoms with Gasteiger partial charge in [0.05, 0.1) is 0 Å². The lowest BCUT2D eigenvalue weighted by atomic mass is 10.00. The van der Waals surface area contributed by atoms with Gasteiger partial charge in [0.2, 0.25) is 5.91 Å². The molecule has 112 valence electrons. The number of aryl methyl sites for hydroxylation is 1. The van der Waals surface area contributed by atoms with E-state index in [1.807, 2.05) is 48.5 Å². The summed E-state index contributed by atoms with van der Waals surface area (Å²) < 4.78 is 0. The Hall–Kier alpha value is -2.62. The van der Waals surface area contributed by atoms with Crippen LogP contribution < -0.4 is 10.2 Å². The summed E-state index contributed by atoms with van der Waals surface area (Å²) in [6.45, 7) is 2.18. The van der Waals surface area contributed by atoms with Crippen molar-refractivity contribution in [1.82, 2.24) is 0 Å². The lowest BCUT2D eigenvalue weighted by molar-refractivity contribution is -0.114. The van der Waals surface area contributed by atoms with Crippen molar-refractivity contribution in [1.29, 1.82) is 0 Å². The molecule has 2 amide bonds. The molecule has 4 heteroatoms. The molecule has 0 saturated heterocycles. The maximum atomic E-state index is 12.7. The predicted octanol–water partition coefficient (Wildman–Crippen LogP) is 3.24. The van der Waals surface area contributed by atoms with Crippen LogP contribution in [0.2, 0.25) is 0 Å². The Morgan fingerprint density at radius 3 is 2.59 bits per heavy atom. The van der Waals surface area contributed by atoms with Crippen molar-refractivity contribution < 1.29 is 9.59 Å². The van der Waals surface area contributed by atoms with E-state index in [-0.39, 0.29) is 11.8 Å². The van der Waals surface area contributed by atoms with E-state index in [9.17, 15) is 9.59 Å². The monoisotopic (exact) mass is 294 g/mol. The number of hydrogen-bond acceptors (Lipinski definition) is 2. The van der Waals surface area contributed by atoms with Crippen LogP contribution in [0.1, 0.15) is 29.3 Å². The van der Waals surface area contributed by atoms with Crippen LogP contribution >= 0.6 is 0 Å². The molecule has 0 radical (unpaired) electrons. The molecule has 0 atom stereocenters. The highest BCUT2D eigenvalue weighted by Crippen LogP contribution is 2.31. The average Bonchev–Trinajstić information content (AvgIpc) is 2.54. The normalized spacial score (nSPS) is 13.4. The van der Waals surface area contributed by atoms with Gasteiger partial charge < -0.3 is 10.2 Å². The molecule has 1 N–H and O–H groups in total. The number of benzene rings is 2. The lowest BCUT2D eigenvalue weighted by Gasteiger charge is -2.30. The summed E-state index contributed by atoms with van der Waals surface area (Å²) in [6, 6.07) is 15.1. The molecule has 0 aliphatic carbocycles. The highest BCUT2D eigenvalue weighted by atomic mass is 16.2. The van der Waals surface area contributed by atoms with Crippen LogP contribution in [0.3, 0.4) is 0 Å². The van der Waals surface area contributed by atoms with E-state index < -0.39 is 0 Å². The zero-order chi connectivity index (χ0) is 15.5. The van der Waals surface area contributed by atoms with Gasteiger partial charge in [-0.3, -0.25) is 9.59 Å². The predicted molar refractivity (Wildman–Crippen MR) is 87.2 cm³/mol. The van der Waals surface area contributed by atoms with Crippen molar-refractivity contribution in [2.75, 3.05) is 16.8 Å². The SMILES string of the molecule is CC(=O)Nc1ccc2c(c1)N(C(=O)c1ccccc1)CCC2. The molecule has 0 fully saturated rings. The van der Waals surface area contributed by atoms with Crippen LogP contribution in [0.5, 0.6) is 0 Å². The third kappa shape index (κ3) is 2.86. The molecular formula is C18H18N2O2. The Balaban J connectivity index is 1.96. The van der Waals surface area contributed by atoms with Gasteiger partial charge in [-0.1, -0.05) is 24.3 Å². The number of carbonyl (C=O) groups excluding carboxylic acids is 2. The number of hydrogen-bond donors (Lipinski definition) is 1. The quantitative estimate of drug-likeness (QED) is 0.924. The summed E-state index contributed by atoms with van der Waals surface area (Å²) >= 11 is 0. The topological polar surface area (TPSA) is 49.4 Å². The molecule has 0 unspecified atom stereocenters. The maximum Gasteiger partial charge on any atom is 0.258 e. The second-order valence-electron chi connectivity index (χ2n) is 5.45. The lowest BCUT2D eigenvalue weighted by Crippen LogP contribution is -2.35. The van der Waals surface area contributed by atoms with Crippen molar-refractivity contribution >= 4 is 23.2 Å². The Morgan fingerprint density at radius 1 is 1.09 bits per heavy atom. The van der Waals surface area contributed by atoms with Gasteiger partial charge in [-0.15, -0.1) is 0 Å². The molecule has 2 aromatic carbocycles. The average molecular weight is 294 g/mol. The number of amides is 2. The first-order valence-electron chi connectivity index (χ1n) is 7.42. The fourth-order valence-electron chi connectivity index (χ4n) is 2.80. The fraction of sp³-hybridized carbons (Fsp3) is 0.222. The van der Waals surface area contributed by atoms with Crippen molar-refractivity contribution in [3.05, 3.63) is 59.7 Å². The van der Waals surface area contributed by atoms with E-state index in [1.54, 1.807) is 4.90 Å². The van der Waals surface area contributed by atoms with Crippen LogP contribution in [-0.2, 0) is 11.2 Å². The van der Waals surface area contributed by atoms with Crippen LogP contribution in [0, 0.1) is 0 Å². The summed E-state index contributed by atoms with van der Waals surface area (Å²) in [5, 5.41) is 2.78. The van der Waals surface area contributed by atoms with Gasteiger partial charge >= 0.3 is 0 Å². The minimum absolute atomic E-state index is 0.00141. The summed E-state index contributed by atoms with van der Waals surface area (Å²) in [7, 11) is 0. The Bertz CT molecular complexity index is 710. The summed E-state index contributed by atoms with van der Waals surface area (Å²) in [5.74, 6) is -0.113. The van der Waals surface area contributed by atoms with Crippen LogP contribution in [0.15, 0.2) is 48.5 Å². The molecule has 1 aliphatic rings. The fourth-order valence-corrected chi connectivity index (χ4v) is 2.80. The van der Waals surface area contributed by atoms with Crippen LogP contribution in [0.4, 0.5) is 11.4 Å². The summed E-state index contributed by atoms with van der Waals surface area (Å²) in [5.41, 5.74) is 3.44. The highest BCUT2D eigenvalue weighted by Gasteiger charge is 2.23. The van der Waals surface area contributed by atoms with Crippen LogP contribution in [0.25, 0.3) is 0 Å². The molecule has 22 heavy (non-hydrogen) atoms. The van der Waals surface area contributed by atoms with Gasteiger partial charge in [0.1, 0.15) is 0 Å². The summed E-state index contributed by atoms with van der Waals surface area (Å²) in [6.07, 6.45) is 1.90. The number of anilines is 2. The highest BCUT2D eigenvalue weighted by molar-refractivity contribution is 6.07. The zero-order valence-corrected chi connectivity index (χ0v) is 12.5. The number of rotatable bonds is 2. The van der Waals surface area contributed by atoms with Gasteiger partial charge in [-0.25, -0.2) is 0 Å².